The molecule has 3 aromatic carbocycles. The number of fused-ring (bicyclic) bond motifs is 1. The zero-order chi connectivity index (χ0) is 24.8. The van der Waals surface area contributed by atoms with Gasteiger partial charge < -0.3 is 4.74 Å². The summed E-state index contributed by atoms with van der Waals surface area (Å²) in [6, 6.07) is 20.6. The number of alkyl halides is 3. The SMILES string of the molecule is COc1cc(C2(C(F)(F)F)CC2)c(F)cc1-n1c(=O)ccc2cc(SCc3ccccc3)ccc21. The van der Waals surface area contributed by atoms with Crippen LogP contribution in [0.3, 0.4) is 0 Å². The van der Waals surface area contributed by atoms with Crippen molar-refractivity contribution in [1.82, 2.24) is 4.57 Å². The fraction of sp³-hybridized carbons (Fsp3) is 0.222. The third kappa shape index (κ3) is 4.20. The average Bonchev–Trinajstić information content (AvgIpc) is 3.65. The summed E-state index contributed by atoms with van der Waals surface area (Å²) >= 11 is 1.64. The Morgan fingerprint density at radius 3 is 2.40 bits per heavy atom. The average molecular weight is 500 g/mol. The van der Waals surface area contributed by atoms with Crippen molar-refractivity contribution in [3.8, 4) is 11.4 Å². The van der Waals surface area contributed by atoms with E-state index in [1.165, 1.54) is 23.3 Å². The van der Waals surface area contributed by atoms with Crippen LogP contribution in [-0.2, 0) is 11.2 Å². The number of halogens is 4. The molecule has 1 fully saturated rings. The molecule has 0 amide bonds. The molecular formula is C27H21F4NO2S. The summed E-state index contributed by atoms with van der Waals surface area (Å²) in [4.78, 5) is 13.8. The first-order valence-corrected chi connectivity index (χ1v) is 12.0. The molecule has 4 aromatic rings. The number of rotatable bonds is 6. The van der Waals surface area contributed by atoms with E-state index in [9.17, 15) is 18.0 Å². The standard InChI is InChI=1S/C27H21F4NO2S/c1-34-24-14-20(26(11-12-26)27(29,30)31)21(28)15-23(24)32-22-9-8-19(13-18(22)7-10-25(32)33)35-16-17-5-3-2-4-6-17/h2-10,13-15H,11-12,16H2,1H3. The monoisotopic (exact) mass is 499 g/mol. The minimum absolute atomic E-state index is 0.00838. The maximum atomic E-state index is 15.1. The van der Waals surface area contributed by atoms with Crippen LogP contribution in [0.4, 0.5) is 17.6 Å². The number of methoxy groups -OCH3 is 1. The molecule has 1 saturated carbocycles. The number of nitrogens with zero attached hydrogens (tertiary/aromatic N) is 1. The molecule has 35 heavy (non-hydrogen) atoms. The lowest BCUT2D eigenvalue weighted by Gasteiger charge is -2.22. The zero-order valence-electron chi connectivity index (χ0n) is 18.7. The van der Waals surface area contributed by atoms with Crippen LogP contribution >= 0.6 is 11.8 Å². The lowest BCUT2D eigenvalue weighted by atomic mass is 9.94. The van der Waals surface area contributed by atoms with E-state index < -0.39 is 28.5 Å². The Kier molecular flexibility index (Phi) is 5.87. The molecule has 0 spiro atoms. The number of ether oxygens (including phenoxy) is 1. The van der Waals surface area contributed by atoms with Crippen molar-refractivity contribution in [2.75, 3.05) is 7.11 Å². The van der Waals surface area contributed by atoms with E-state index in [4.69, 9.17) is 4.74 Å². The quantitative estimate of drug-likeness (QED) is 0.211. The summed E-state index contributed by atoms with van der Waals surface area (Å²) in [5.41, 5.74) is -1.34. The topological polar surface area (TPSA) is 31.2 Å². The molecule has 1 aromatic heterocycles. The maximum absolute atomic E-state index is 15.1. The molecule has 1 heterocycles. The number of pyridine rings is 1. The zero-order valence-corrected chi connectivity index (χ0v) is 19.5. The van der Waals surface area contributed by atoms with Crippen LogP contribution in [0, 0.1) is 5.82 Å². The minimum Gasteiger partial charge on any atom is -0.495 e. The summed E-state index contributed by atoms with van der Waals surface area (Å²) in [6.07, 6.45) is -4.91. The Morgan fingerprint density at radius 2 is 1.74 bits per heavy atom. The maximum Gasteiger partial charge on any atom is 0.398 e. The van der Waals surface area contributed by atoms with Crippen molar-refractivity contribution in [3.05, 3.63) is 100 Å². The van der Waals surface area contributed by atoms with Gasteiger partial charge in [0.25, 0.3) is 5.56 Å². The predicted molar refractivity (Wildman–Crippen MR) is 129 cm³/mol. The van der Waals surface area contributed by atoms with Gasteiger partial charge in [-0.05, 0) is 54.1 Å². The van der Waals surface area contributed by atoms with Gasteiger partial charge in [-0.3, -0.25) is 9.36 Å². The fourth-order valence-corrected chi connectivity index (χ4v) is 5.28. The summed E-state index contributed by atoms with van der Waals surface area (Å²) in [7, 11) is 1.29. The molecule has 0 unspecified atom stereocenters. The van der Waals surface area contributed by atoms with E-state index >= 15 is 4.39 Å². The molecule has 1 aliphatic carbocycles. The number of hydrogen-bond donors (Lipinski definition) is 0. The van der Waals surface area contributed by atoms with E-state index in [-0.39, 0.29) is 24.3 Å². The Balaban J connectivity index is 1.57. The van der Waals surface area contributed by atoms with Crippen molar-refractivity contribution in [2.45, 2.75) is 35.1 Å². The highest BCUT2D eigenvalue weighted by Gasteiger charge is 2.65. The molecular weight excluding hydrogens is 478 g/mol. The minimum atomic E-state index is -4.57. The predicted octanol–water partition coefficient (Wildman–Crippen LogP) is 7.02. The van der Waals surface area contributed by atoms with E-state index in [2.05, 4.69) is 0 Å². The fourth-order valence-electron chi connectivity index (χ4n) is 4.38. The van der Waals surface area contributed by atoms with E-state index in [0.29, 0.717) is 5.52 Å². The van der Waals surface area contributed by atoms with E-state index in [0.717, 1.165) is 28.2 Å². The lowest BCUT2D eigenvalue weighted by Crippen LogP contribution is -2.30. The van der Waals surface area contributed by atoms with Crippen LogP contribution in [0.25, 0.3) is 16.6 Å². The normalized spacial score (nSPS) is 14.8. The largest absolute Gasteiger partial charge is 0.495 e. The van der Waals surface area contributed by atoms with Crippen LogP contribution in [0.1, 0.15) is 24.0 Å². The van der Waals surface area contributed by atoms with Crippen LogP contribution in [-0.4, -0.2) is 17.9 Å². The summed E-state index contributed by atoms with van der Waals surface area (Å²) < 4.78 is 62.6. The van der Waals surface area contributed by atoms with Gasteiger partial charge in [0.05, 0.1) is 23.7 Å². The highest BCUT2D eigenvalue weighted by molar-refractivity contribution is 7.98. The molecule has 0 atom stereocenters. The molecule has 0 aliphatic heterocycles. The van der Waals surface area contributed by atoms with Crippen LogP contribution < -0.4 is 10.3 Å². The smallest absolute Gasteiger partial charge is 0.398 e. The Bertz CT molecular complexity index is 1460. The van der Waals surface area contributed by atoms with Crippen molar-refractivity contribution in [3.63, 3.8) is 0 Å². The van der Waals surface area contributed by atoms with Gasteiger partial charge in [-0.2, -0.15) is 13.2 Å². The third-order valence-electron chi connectivity index (χ3n) is 6.43. The van der Waals surface area contributed by atoms with Gasteiger partial charge in [0, 0.05) is 28.3 Å². The Morgan fingerprint density at radius 1 is 1.00 bits per heavy atom. The van der Waals surface area contributed by atoms with Gasteiger partial charge >= 0.3 is 6.18 Å². The summed E-state index contributed by atoms with van der Waals surface area (Å²) in [6.45, 7) is 0. The highest BCUT2D eigenvalue weighted by Crippen LogP contribution is 2.60. The van der Waals surface area contributed by atoms with Gasteiger partial charge in [-0.1, -0.05) is 30.3 Å². The van der Waals surface area contributed by atoms with Gasteiger partial charge in [-0.15, -0.1) is 11.8 Å². The molecule has 180 valence electrons. The molecule has 0 radical (unpaired) electrons. The van der Waals surface area contributed by atoms with Crippen LogP contribution in [0.15, 0.2) is 82.5 Å². The first-order valence-electron chi connectivity index (χ1n) is 11.0. The molecule has 3 nitrogen and oxygen atoms in total. The van der Waals surface area contributed by atoms with Crippen LogP contribution in [0.2, 0.25) is 0 Å². The van der Waals surface area contributed by atoms with Gasteiger partial charge in [0.1, 0.15) is 11.6 Å². The summed E-state index contributed by atoms with van der Waals surface area (Å²) in [5, 5.41) is 0.739. The highest BCUT2D eigenvalue weighted by atomic mass is 32.2. The summed E-state index contributed by atoms with van der Waals surface area (Å²) in [5.74, 6) is -0.225. The lowest BCUT2D eigenvalue weighted by molar-refractivity contribution is -0.161. The van der Waals surface area contributed by atoms with Gasteiger partial charge in [0.2, 0.25) is 0 Å². The van der Waals surface area contributed by atoms with Crippen molar-refractivity contribution in [2.24, 2.45) is 0 Å². The second-order valence-electron chi connectivity index (χ2n) is 8.59. The van der Waals surface area contributed by atoms with E-state index in [1.54, 1.807) is 23.9 Å². The third-order valence-corrected chi connectivity index (χ3v) is 7.50. The number of thioether (sulfide) groups is 1. The van der Waals surface area contributed by atoms with Crippen molar-refractivity contribution < 1.29 is 22.3 Å². The van der Waals surface area contributed by atoms with Gasteiger partial charge in [-0.25, -0.2) is 4.39 Å². The van der Waals surface area contributed by atoms with Crippen molar-refractivity contribution in [1.29, 1.82) is 0 Å². The molecule has 0 N–H and O–H groups in total. The van der Waals surface area contributed by atoms with Crippen molar-refractivity contribution >= 4 is 22.7 Å². The Labute approximate surface area is 203 Å². The first kappa shape index (κ1) is 23.5. The van der Waals surface area contributed by atoms with Gasteiger partial charge in [0.15, 0.2) is 0 Å². The first-order chi connectivity index (χ1) is 16.7. The Hall–Kier alpha value is -3.26. The number of benzene rings is 3. The molecule has 0 saturated heterocycles. The van der Waals surface area contributed by atoms with Crippen LogP contribution in [0.5, 0.6) is 5.75 Å². The molecule has 0 bridgehead atoms. The number of hydrogen-bond acceptors (Lipinski definition) is 3. The second-order valence-corrected chi connectivity index (χ2v) is 9.63. The second kappa shape index (κ2) is 8.75. The molecule has 1 aliphatic rings. The number of aromatic nitrogens is 1. The van der Waals surface area contributed by atoms with E-state index in [1.807, 2.05) is 42.5 Å². The molecule has 5 rings (SSSR count). The molecule has 8 heteroatoms.